The molecule has 1 aliphatic rings. The number of carbonyl (C=O) groups is 3. The highest BCUT2D eigenvalue weighted by Crippen LogP contribution is 2.30. The molecule has 0 amide bonds. The van der Waals surface area contributed by atoms with Crippen LogP contribution in [0.4, 0.5) is 0 Å². The normalized spacial score (nSPS) is 24.8. The fourth-order valence-electron chi connectivity index (χ4n) is 6.16. The summed E-state index contributed by atoms with van der Waals surface area (Å²) in [6.45, 7) is 7.72. The lowest BCUT2D eigenvalue weighted by Gasteiger charge is -2.33. The number of aliphatic hydroxyl groups excluding tert-OH is 1. The van der Waals surface area contributed by atoms with Gasteiger partial charge in [0.2, 0.25) is 17.7 Å². The number of rotatable bonds is 9. The van der Waals surface area contributed by atoms with Gasteiger partial charge in [-0.25, -0.2) is 15.0 Å². The summed E-state index contributed by atoms with van der Waals surface area (Å²) in [5.41, 5.74) is 1.38. The maximum atomic E-state index is 13.2. The zero-order valence-corrected chi connectivity index (χ0v) is 30.0. The number of ether oxygens (including phenoxy) is 3. The minimum atomic E-state index is -0.965. The van der Waals surface area contributed by atoms with Crippen LogP contribution in [0.3, 0.4) is 0 Å². The van der Waals surface area contributed by atoms with Gasteiger partial charge in [-0.3, -0.25) is 14.4 Å². The van der Waals surface area contributed by atoms with Crippen LogP contribution in [0.15, 0.2) is 38.1 Å². The number of aromatic nitrogens is 3. The standard InChI is InChI=1S/C37H51N3O10/c1-7-25(41)15-14-22(2)32(46-6)18-33-24(4)31(45-5)12-9-13-34-38-29(20-47-34)36-40-30(21-49-36)37-39-28(19-48-37)23(3)16-26(42)10-8-11-27(43)17-35(44)50-33/h9,13,19-24,27,31-33,43H,7-8,10-12,14-18H2,1-6H3/b13-9+/t22-,23-,24+,27-,31-,32-,33-/m0/s1. The topological polar surface area (TPSA) is 177 Å². The van der Waals surface area contributed by atoms with Gasteiger partial charge in [-0.15, -0.1) is 0 Å². The maximum Gasteiger partial charge on any atom is 0.308 e. The summed E-state index contributed by atoms with van der Waals surface area (Å²) in [5.74, 6) is 0.0353. The average molecular weight is 698 g/mol. The molecule has 4 rings (SSSR count). The molecule has 0 saturated carbocycles. The van der Waals surface area contributed by atoms with E-state index in [1.165, 1.54) is 18.8 Å². The summed E-state index contributed by atoms with van der Waals surface area (Å²) < 4.78 is 34.7. The third kappa shape index (κ3) is 11.0. The second-order valence-corrected chi connectivity index (χ2v) is 13.3. The van der Waals surface area contributed by atoms with Crippen molar-refractivity contribution in [1.82, 2.24) is 15.0 Å². The molecule has 0 aromatic carbocycles. The number of Topliss-reactive ketones (excluding diaryl/α,β-unsaturated/α-hetero) is 2. The first-order valence-corrected chi connectivity index (χ1v) is 17.5. The second-order valence-electron chi connectivity index (χ2n) is 13.3. The molecule has 7 atom stereocenters. The monoisotopic (exact) mass is 697 g/mol. The molecule has 13 nitrogen and oxygen atoms in total. The number of fused-ring (bicyclic) bond motifs is 8. The molecule has 3 aromatic heterocycles. The molecule has 0 saturated heterocycles. The van der Waals surface area contributed by atoms with Gasteiger partial charge in [0.05, 0.1) is 30.4 Å². The highest BCUT2D eigenvalue weighted by molar-refractivity contribution is 5.79. The number of hydrogen-bond donors (Lipinski definition) is 1. The van der Waals surface area contributed by atoms with Crippen LogP contribution in [0, 0.1) is 11.8 Å². The Morgan fingerprint density at radius 1 is 1.02 bits per heavy atom. The highest BCUT2D eigenvalue weighted by Gasteiger charge is 2.33. The first-order valence-electron chi connectivity index (χ1n) is 17.5. The number of aliphatic hydroxyl groups is 1. The zero-order chi connectivity index (χ0) is 36.2. The van der Waals surface area contributed by atoms with E-state index >= 15 is 0 Å². The Labute approximate surface area is 293 Å². The molecule has 1 aliphatic heterocycles. The summed E-state index contributed by atoms with van der Waals surface area (Å²) in [4.78, 5) is 51.4. The van der Waals surface area contributed by atoms with Gasteiger partial charge in [-0.2, -0.15) is 0 Å². The number of cyclic esters (lactones) is 1. The van der Waals surface area contributed by atoms with Gasteiger partial charge in [-0.05, 0) is 37.7 Å². The molecule has 13 heteroatoms. The number of nitrogens with zero attached hydrogens (tertiary/aromatic N) is 3. The number of ketones is 2. The molecular weight excluding hydrogens is 646 g/mol. The lowest BCUT2D eigenvalue weighted by molar-refractivity contribution is -0.159. The number of esters is 1. The zero-order valence-electron chi connectivity index (χ0n) is 30.0. The van der Waals surface area contributed by atoms with Crippen LogP contribution in [0.25, 0.3) is 29.2 Å². The van der Waals surface area contributed by atoms with E-state index in [1.807, 2.05) is 33.8 Å². The highest BCUT2D eigenvalue weighted by atomic mass is 16.6. The molecule has 0 fully saturated rings. The summed E-state index contributed by atoms with van der Waals surface area (Å²) in [5, 5.41) is 10.7. The average Bonchev–Trinajstić information content (AvgIpc) is 3.88. The molecular formula is C37H51N3O10. The van der Waals surface area contributed by atoms with Crippen molar-refractivity contribution in [3.05, 3.63) is 36.5 Å². The van der Waals surface area contributed by atoms with E-state index in [9.17, 15) is 19.5 Å². The summed E-state index contributed by atoms with van der Waals surface area (Å²) >= 11 is 0. The van der Waals surface area contributed by atoms with Crippen LogP contribution in [-0.4, -0.2) is 76.2 Å². The predicted octanol–water partition coefficient (Wildman–Crippen LogP) is 6.75. The molecule has 0 aliphatic carbocycles. The van der Waals surface area contributed by atoms with Crippen LogP contribution in [0.2, 0.25) is 0 Å². The first-order chi connectivity index (χ1) is 24.0. The van der Waals surface area contributed by atoms with Crippen molar-refractivity contribution >= 4 is 23.6 Å². The molecule has 3 aromatic rings. The fourth-order valence-corrected chi connectivity index (χ4v) is 6.16. The van der Waals surface area contributed by atoms with Crippen LogP contribution < -0.4 is 0 Å². The van der Waals surface area contributed by atoms with Gasteiger partial charge in [-0.1, -0.05) is 33.8 Å². The number of carbonyl (C=O) groups excluding carboxylic acids is 3. The van der Waals surface area contributed by atoms with Crippen molar-refractivity contribution in [2.75, 3.05) is 14.2 Å². The number of oxazole rings is 3. The Bertz CT molecular complexity index is 1560. The molecule has 0 radical (unpaired) electrons. The predicted molar refractivity (Wildman–Crippen MR) is 183 cm³/mol. The number of hydrogen-bond acceptors (Lipinski definition) is 13. The van der Waals surface area contributed by atoms with Crippen molar-refractivity contribution < 1.29 is 47.0 Å². The Kier molecular flexibility index (Phi) is 14.7. The quantitative estimate of drug-likeness (QED) is 0.233. The molecule has 4 heterocycles. The molecule has 0 spiro atoms. The van der Waals surface area contributed by atoms with Crippen LogP contribution >= 0.6 is 0 Å². The van der Waals surface area contributed by atoms with Crippen molar-refractivity contribution in [3.8, 4) is 23.2 Å². The van der Waals surface area contributed by atoms with E-state index in [4.69, 9.17) is 27.5 Å². The van der Waals surface area contributed by atoms with E-state index in [0.29, 0.717) is 61.5 Å². The summed E-state index contributed by atoms with van der Waals surface area (Å²) in [6, 6.07) is 0. The number of methoxy groups -OCH3 is 2. The van der Waals surface area contributed by atoms with Crippen LogP contribution in [-0.2, 0) is 28.6 Å². The lowest BCUT2D eigenvalue weighted by atomic mass is 9.87. The van der Waals surface area contributed by atoms with Gasteiger partial charge < -0.3 is 32.6 Å². The molecule has 1 N–H and O–H groups in total. The van der Waals surface area contributed by atoms with Crippen molar-refractivity contribution in [2.45, 2.75) is 122 Å². The van der Waals surface area contributed by atoms with E-state index in [0.717, 1.165) is 0 Å². The van der Waals surface area contributed by atoms with E-state index < -0.39 is 18.2 Å². The van der Waals surface area contributed by atoms with Gasteiger partial charge in [0.25, 0.3) is 0 Å². The molecule has 274 valence electrons. The Morgan fingerprint density at radius 3 is 2.48 bits per heavy atom. The lowest BCUT2D eigenvalue weighted by Crippen LogP contribution is -2.39. The summed E-state index contributed by atoms with van der Waals surface area (Å²) in [6.07, 6.45) is 9.15. The second kappa shape index (κ2) is 18.9. The fraction of sp³-hybridized carbons (Fsp3) is 0.622. The van der Waals surface area contributed by atoms with Crippen molar-refractivity contribution in [3.63, 3.8) is 0 Å². The molecule has 0 unspecified atom stereocenters. The van der Waals surface area contributed by atoms with Crippen LogP contribution in [0.1, 0.15) is 109 Å². The van der Waals surface area contributed by atoms with Gasteiger partial charge in [0, 0.05) is 58.2 Å². The molecule has 50 heavy (non-hydrogen) atoms. The Balaban J connectivity index is 1.56. The maximum absolute atomic E-state index is 13.2. The Morgan fingerprint density at radius 2 is 1.74 bits per heavy atom. The smallest absolute Gasteiger partial charge is 0.308 e. The van der Waals surface area contributed by atoms with E-state index in [-0.39, 0.29) is 79.0 Å². The first kappa shape index (κ1) is 38.9. The van der Waals surface area contributed by atoms with E-state index in [2.05, 4.69) is 15.0 Å². The Hall–Kier alpha value is -3.94. The van der Waals surface area contributed by atoms with Gasteiger partial charge in [0.1, 0.15) is 36.5 Å². The van der Waals surface area contributed by atoms with E-state index in [1.54, 1.807) is 20.3 Å². The van der Waals surface area contributed by atoms with Gasteiger partial charge >= 0.3 is 5.97 Å². The summed E-state index contributed by atoms with van der Waals surface area (Å²) in [7, 11) is 3.22. The van der Waals surface area contributed by atoms with Crippen molar-refractivity contribution in [1.29, 1.82) is 0 Å². The molecule has 6 bridgehead atoms. The minimum absolute atomic E-state index is 0.0152. The third-order valence-electron chi connectivity index (χ3n) is 9.48. The van der Waals surface area contributed by atoms with Crippen molar-refractivity contribution in [2.24, 2.45) is 11.8 Å². The largest absolute Gasteiger partial charge is 0.462 e. The SMILES string of the molecule is CCC(=O)CC[C@H](C)[C@H](C[C@@H]1OC(=O)C[C@@H](O)CCCC(=O)C[C@H](C)c2coc(n2)-c2coc(n2)-c2coc(n2)/C=C/C[C@H](OC)[C@H]1C)OC. The van der Waals surface area contributed by atoms with Gasteiger partial charge in [0.15, 0.2) is 11.4 Å². The van der Waals surface area contributed by atoms with Crippen LogP contribution in [0.5, 0.6) is 0 Å². The third-order valence-corrected chi connectivity index (χ3v) is 9.48. The minimum Gasteiger partial charge on any atom is -0.462 e.